The van der Waals surface area contributed by atoms with Gasteiger partial charge < -0.3 is 18.9 Å². The molecule has 0 fully saturated rings. The Bertz CT molecular complexity index is 215. The van der Waals surface area contributed by atoms with E-state index in [2.05, 4.69) is 6.58 Å². The fourth-order valence-electron chi connectivity index (χ4n) is 0.876. The van der Waals surface area contributed by atoms with Crippen molar-refractivity contribution in [2.45, 2.75) is 26.7 Å². The first-order valence-electron chi connectivity index (χ1n) is 5.80. The Morgan fingerprint density at radius 1 is 1.00 bits per heavy atom. The molecule has 5 heteroatoms. The van der Waals surface area contributed by atoms with Crippen molar-refractivity contribution in [3.63, 3.8) is 0 Å². The van der Waals surface area contributed by atoms with E-state index >= 15 is 0 Å². The van der Waals surface area contributed by atoms with E-state index < -0.39 is 5.97 Å². The van der Waals surface area contributed by atoms with Crippen molar-refractivity contribution in [1.29, 1.82) is 0 Å². The molecule has 0 saturated heterocycles. The molecule has 17 heavy (non-hydrogen) atoms. The first kappa shape index (κ1) is 16.1. The van der Waals surface area contributed by atoms with Crippen molar-refractivity contribution in [3.8, 4) is 0 Å². The van der Waals surface area contributed by atoms with Gasteiger partial charge >= 0.3 is 5.97 Å². The highest BCUT2D eigenvalue weighted by Crippen LogP contribution is 1.97. The highest BCUT2D eigenvalue weighted by molar-refractivity contribution is 5.87. The van der Waals surface area contributed by atoms with E-state index in [0.29, 0.717) is 13.2 Å². The van der Waals surface area contributed by atoms with Crippen LogP contribution in [0.15, 0.2) is 12.2 Å². The lowest BCUT2D eigenvalue weighted by Gasteiger charge is -2.08. The minimum atomic E-state index is -0.422. The Morgan fingerprint density at radius 2 is 1.65 bits per heavy atom. The molecule has 0 saturated carbocycles. The van der Waals surface area contributed by atoms with E-state index in [0.717, 1.165) is 12.8 Å². The lowest BCUT2D eigenvalue weighted by atomic mass is 10.3. The number of carbonyl (C=O) groups excluding carboxylic acids is 1. The Labute approximate surface area is 103 Å². The summed E-state index contributed by atoms with van der Waals surface area (Å²) in [6, 6.07) is 0. The summed E-state index contributed by atoms with van der Waals surface area (Å²) in [5.74, 6) is -0.422. The second kappa shape index (κ2) is 11.6. The molecule has 0 bridgehead atoms. The molecule has 5 nitrogen and oxygen atoms in total. The summed E-state index contributed by atoms with van der Waals surface area (Å²) in [4.78, 5) is 11.2. The smallest absolute Gasteiger partial charge is 0.335 e. The summed E-state index contributed by atoms with van der Waals surface area (Å²) < 4.78 is 20.0. The predicted octanol–water partition coefficient (Wildman–Crippen LogP) is 1.87. The van der Waals surface area contributed by atoms with Gasteiger partial charge in [-0.05, 0) is 12.8 Å². The molecule has 0 aliphatic rings. The number of hydrogen-bond donors (Lipinski definition) is 0. The zero-order valence-corrected chi connectivity index (χ0v) is 10.7. The Hall–Kier alpha value is -0.910. The third kappa shape index (κ3) is 9.99. The monoisotopic (exact) mass is 246 g/mol. The molecule has 0 amide bonds. The van der Waals surface area contributed by atoms with E-state index in [4.69, 9.17) is 18.9 Å². The Kier molecular flexibility index (Phi) is 11.0. The lowest BCUT2D eigenvalue weighted by molar-refractivity contribution is -0.143. The quantitative estimate of drug-likeness (QED) is 0.241. The van der Waals surface area contributed by atoms with Gasteiger partial charge in [0.05, 0.1) is 18.8 Å². The van der Waals surface area contributed by atoms with Gasteiger partial charge in [0.15, 0.2) is 0 Å². The van der Waals surface area contributed by atoms with Crippen LogP contribution in [0.3, 0.4) is 0 Å². The van der Waals surface area contributed by atoms with Gasteiger partial charge in [0.1, 0.15) is 13.6 Å². The van der Waals surface area contributed by atoms with Crippen LogP contribution in [-0.2, 0) is 23.7 Å². The third-order valence-corrected chi connectivity index (χ3v) is 1.68. The van der Waals surface area contributed by atoms with E-state index in [1.807, 2.05) is 13.8 Å². The van der Waals surface area contributed by atoms with Crippen LogP contribution in [0.25, 0.3) is 0 Å². The average Bonchev–Trinajstić information content (AvgIpc) is 2.34. The van der Waals surface area contributed by atoms with Crippen molar-refractivity contribution in [1.82, 2.24) is 0 Å². The fraction of sp³-hybridized carbons (Fsp3) is 0.750. The van der Waals surface area contributed by atoms with E-state index in [1.165, 1.54) is 0 Å². The summed E-state index contributed by atoms with van der Waals surface area (Å²) in [6.45, 7) is 8.95. The maximum Gasteiger partial charge on any atom is 0.335 e. The molecular weight excluding hydrogens is 224 g/mol. The summed E-state index contributed by atoms with van der Waals surface area (Å²) >= 11 is 0. The van der Waals surface area contributed by atoms with Crippen LogP contribution in [-0.4, -0.2) is 39.4 Å². The minimum Gasteiger partial charge on any atom is -0.462 e. The van der Waals surface area contributed by atoms with E-state index in [9.17, 15) is 4.79 Å². The molecule has 0 radical (unpaired) electrons. The molecule has 100 valence electrons. The van der Waals surface area contributed by atoms with Gasteiger partial charge in [0.2, 0.25) is 0 Å². The van der Waals surface area contributed by atoms with E-state index in [1.54, 1.807) is 0 Å². The van der Waals surface area contributed by atoms with Gasteiger partial charge in [-0.3, -0.25) is 0 Å². The van der Waals surface area contributed by atoms with Crippen molar-refractivity contribution in [2.75, 3.05) is 33.4 Å². The van der Waals surface area contributed by atoms with Crippen LogP contribution < -0.4 is 0 Å². The molecule has 0 aromatic heterocycles. The standard InChI is InChI=1S/C12H22O5/c1-4-6-14-9-16-10-15-8-11(3)12(13)17-7-5-2/h3-10H2,1-2H3. The summed E-state index contributed by atoms with van der Waals surface area (Å²) in [7, 11) is 0. The first-order valence-corrected chi connectivity index (χ1v) is 5.80. The molecule has 0 spiro atoms. The maximum atomic E-state index is 11.2. The highest BCUT2D eigenvalue weighted by Gasteiger charge is 2.07. The van der Waals surface area contributed by atoms with Crippen LogP contribution in [0.5, 0.6) is 0 Å². The molecular formula is C12H22O5. The summed E-state index contributed by atoms with van der Waals surface area (Å²) in [6.07, 6.45) is 1.74. The summed E-state index contributed by atoms with van der Waals surface area (Å²) in [5, 5.41) is 0. The molecule has 0 heterocycles. The molecule has 0 N–H and O–H groups in total. The Morgan fingerprint density at radius 3 is 2.29 bits per heavy atom. The zero-order chi connectivity index (χ0) is 12.9. The SMILES string of the molecule is C=C(COCOCOCCC)C(=O)OCCC. The topological polar surface area (TPSA) is 54.0 Å². The number of hydrogen-bond acceptors (Lipinski definition) is 5. The fourth-order valence-corrected chi connectivity index (χ4v) is 0.876. The summed E-state index contributed by atoms with van der Waals surface area (Å²) in [5.41, 5.74) is 0.288. The van der Waals surface area contributed by atoms with Crippen LogP contribution in [0, 0.1) is 0 Å². The second-order valence-corrected chi connectivity index (χ2v) is 3.44. The molecule has 0 unspecified atom stereocenters. The first-order chi connectivity index (χ1) is 8.22. The zero-order valence-electron chi connectivity index (χ0n) is 10.7. The van der Waals surface area contributed by atoms with Crippen LogP contribution in [0.1, 0.15) is 26.7 Å². The van der Waals surface area contributed by atoms with Crippen molar-refractivity contribution in [3.05, 3.63) is 12.2 Å². The van der Waals surface area contributed by atoms with Crippen molar-refractivity contribution >= 4 is 5.97 Å². The van der Waals surface area contributed by atoms with Gasteiger partial charge in [0, 0.05) is 6.61 Å². The van der Waals surface area contributed by atoms with Crippen molar-refractivity contribution in [2.24, 2.45) is 0 Å². The van der Waals surface area contributed by atoms with Crippen LogP contribution >= 0.6 is 0 Å². The minimum absolute atomic E-state index is 0.0732. The second-order valence-electron chi connectivity index (χ2n) is 3.44. The van der Waals surface area contributed by atoms with Crippen LogP contribution in [0.4, 0.5) is 0 Å². The molecule has 0 aliphatic heterocycles. The molecule has 0 atom stereocenters. The molecule has 0 rings (SSSR count). The van der Waals surface area contributed by atoms with Gasteiger partial charge in [-0.15, -0.1) is 0 Å². The van der Waals surface area contributed by atoms with Crippen LogP contribution in [0.2, 0.25) is 0 Å². The molecule has 0 aromatic rings. The lowest BCUT2D eigenvalue weighted by Crippen LogP contribution is -2.14. The average molecular weight is 246 g/mol. The van der Waals surface area contributed by atoms with Gasteiger partial charge in [-0.2, -0.15) is 0 Å². The number of ether oxygens (including phenoxy) is 4. The van der Waals surface area contributed by atoms with E-state index in [-0.39, 0.29) is 25.8 Å². The number of carbonyl (C=O) groups is 1. The van der Waals surface area contributed by atoms with Gasteiger partial charge in [-0.1, -0.05) is 20.4 Å². The number of esters is 1. The van der Waals surface area contributed by atoms with Gasteiger partial charge in [0.25, 0.3) is 0 Å². The number of rotatable bonds is 11. The predicted molar refractivity (Wildman–Crippen MR) is 63.4 cm³/mol. The molecule has 0 aromatic carbocycles. The molecule has 0 aliphatic carbocycles. The maximum absolute atomic E-state index is 11.2. The van der Waals surface area contributed by atoms with Gasteiger partial charge in [-0.25, -0.2) is 4.79 Å². The largest absolute Gasteiger partial charge is 0.462 e. The van der Waals surface area contributed by atoms with Crippen molar-refractivity contribution < 1.29 is 23.7 Å². The normalized spacial score (nSPS) is 10.2. The highest BCUT2D eigenvalue weighted by atomic mass is 16.7. The Balaban J connectivity index is 3.35. The third-order valence-electron chi connectivity index (χ3n) is 1.68.